The molecule has 0 aliphatic carbocycles. The van der Waals surface area contributed by atoms with Gasteiger partial charge in [0.05, 0.1) is 11.1 Å². The van der Waals surface area contributed by atoms with Crippen LogP contribution in [-0.4, -0.2) is 19.0 Å². The summed E-state index contributed by atoms with van der Waals surface area (Å²) in [5.74, 6) is -0.405. The van der Waals surface area contributed by atoms with E-state index in [4.69, 9.17) is 16.3 Å². The summed E-state index contributed by atoms with van der Waals surface area (Å²) in [6.07, 6.45) is 1.44. The maximum atomic E-state index is 13.1. The highest BCUT2D eigenvalue weighted by molar-refractivity contribution is 6.30. The first-order valence-corrected chi connectivity index (χ1v) is 5.89. The highest BCUT2D eigenvalue weighted by Crippen LogP contribution is 2.16. The van der Waals surface area contributed by atoms with Gasteiger partial charge in [-0.15, -0.1) is 0 Å². The standard InChI is InChI=1S/C13H16ClFO2/c1-9(17-2)3-5-11(16)7-10-4-6-12(14)13(15)8-10/h4,6,8-9H,3,5,7H2,1-2H3. The quantitative estimate of drug-likeness (QED) is 0.782. The molecule has 1 unspecified atom stereocenters. The third-order valence-electron chi connectivity index (χ3n) is 2.62. The van der Waals surface area contributed by atoms with Gasteiger partial charge in [0.1, 0.15) is 11.6 Å². The van der Waals surface area contributed by atoms with E-state index in [1.807, 2.05) is 6.92 Å². The number of carbonyl (C=O) groups is 1. The van der Waals surface area contributed by atoms with Crippen LogP contribution in [0.15, 0.2) is 18.2 Å². The van der Waals surface area contributed by atoms with E-state index in [0.717, 1.165) is 0 Å². The van der Waals surface area contributed by atoms with E-state index in [9.17, 15) is 9.18 Å². The lowest BCUT2D eigenvalue weighted by molar-refractivity contribution is -0.119. The van der Waals surface area contributed by atoms with Crippen LogP contribution in [0.1, 0.15) is 25.3 Å². The van der Waals surface area contributed by atoms with Crippen LogP contribution in [0, 0.1) is 5.82 Å². The van der Waals surface area contributed by atoms with Gasteiger partial charge in [-0.05, 0) is 31.0 Å². The zero-order chi connectivity index (χ0) is 12.8. The molecule has 17 heavy (non-hydrogen) atoms. The molecule has 94 valence electrons. The molecular formula is C13H16ClFO2. The summed E-state index contributed by atoms with van der Waals surface area (Å²) in [4.78, 5) is 11.6. The predicted molar refractivity (Wildman–Crippen MR) is 65.8 cm³/mol. The third kappa shape index (κ3) is 4.84. The fourth-order valence-electron chi connectivity index (χ4n) is 1.45. The summed E-state index contributed by atoms with van der Waals surface area (Å²) in [6, 6.07) is 4.44. The summed E-state index contributed by atoms with van der Waals surface area (Å²) in [7, 11) is 1.61. The first-order chi connectivity index (χ1) is 8.02. The van der Waals surface area contributed by atoms with Crippen molar-refractivity contribution in [3.05, 3.63) is 34.6 Å². The van der Waals surface area contributed by atoms with E-state index in [1.54, 1.807) is 13.2 Å². The Morgan fingerprint density at radius 3 is 2.82 bits per heavy atom. The highest BCUT2D eigenvalue weighted by atomic mass is 35.5. The molecule has 0 aliphatic rings. The monoisotopic (exact) mass is 258 g/mol. The maximum Gasteiger partial charge on any atom is 0.142 e. The zero-order valence-corrected chi connectivity index (χ0v) is 10.8. The molecular weight excluding hydrogens is 243 g/mol. The van der Waals surface area contributed by atoms with Gasteiger partial charge in [-0.2, -0.15) is 0 Å². The van der Waals surface area contributed by atoms with Crippen LogP contribution in [0.2, 0.25) is 5.02 Å². The van der Waals surface area contributed by atoms with Crippen LogP contribution < -0.4 is 0 Å². The smallest absolute Gasteiger partial charge is 0.142 e. The number of ketones is 1. The Labute approximate surface area is 106 Å². The lowest BCUT2D eigenvalue weighted by atomic mass is 10.0. The Morgan fingerprint density at radius 1 is 1.53 bits per heavy atom. The number of hydrogen-bond donors (Lipinski definition) is 0. The molecule has 1 atom stereocenters. The number of ether oxygens (including phenoxy) is 1. The molecule has 2 nitrogen and oxygen atoms in total. The van der Waals surface area contributed by atoms with Gasteiger partial charge in [-0.25, -0.2) is 4.39 Å². The molecule has 0 N–H and O–H groups in total. The third-order valence-corrected chi connectivity index (χ3v) is 2.92. The van der Waals surface area contributed by atoms with Gasteiger partial charge in [0.25, 0.3) is 0 Å². The second-order valence-corrected chi connectivity index (χ2v) is 4.46. The van der Waals surface area contributed by atoms with Crippen molar-refractivity contribution in [1.82, 2.24) is 0 Å². The molecule has 0 fully saturated rings. The maximum absolute atomic E-state index is 13.1. The topological polar surface area (TPSA) is 26.3 Å². The predicted octanol–water partition coefficient (Wildman–Crippen LogP) is 3.41. The molecule has 4 heteroatoms. The van der Waals surface area contributed by atoms with E-state index in [1.165, 1.54) is 12.1 Å². The average molecular weight is 259 g/mol. The Balaban J connectivity index is 2.48. The van der Waals surface area contributed by atoms with E-state index in [-0.39, 0.29) is 23.3 Å². The summed E-state index contributed by atoms with van der Waals surface area (Å²) in [6.45, 7) is 1.91. The van der Waals surface area contributed by atoms with Crippen molar-refractivity contribution in [3.8, 4) is 0 Å². The van der Waals surface area contributed by atoms with E-state index in [2.05, 4.69) is 0 Å². The number of methoxy groups -OCH3 is 1. The second-order valence-electron chi connectivity index (χ2n) is 4.05. The molecule has 0 bridgehead atoms. The van der Waals surface area contributed by atoms with Gasteiger partial charge in [0.2, 0.25) is 0 Å². The molecule has 1 rings (SSSR count). The van der Waals surface area contributed by atoms with Gasteiger partial charge in [-0.1, -0.05) is 17.7 Å². The number of rotatable bonds is 6. The molecule has 0 heterocycles. The number of benzene rings is 1. The normalized spacial score (nSPS) is 12.5. The van der Waals surface area contributed by atoms with Crippen LogP contribution in [0.4, 0.5) is 4.39 Å². The van der Waals surface area contributed by atoms with Crippen molar-refractivity contribution < 1.29 is 13.9 Å². The van der Waals surface area contributed by atoms with Crippen molar-refractivity contribution in [3.63, 3.8) is 0 Å². The average Bonchev–Trinajstić information content (AvgIpc) is 2.31. The zero-order valence-electron chi connectivity index (χ0n) is 10.0. The summed E-state index contributed by atoms with van der Waals surface area (Å²) in [5, 5.41) is 0.0780. The minimum absolute atomic E-state index is 0.0703. The highest BCUT2D eigenvalue weighted by Gasteiger charge is 2.08. The first-order valence-electron chi connectivity index (χ1n) is 5.51. The number of Topliss-reactive ketones (excluding diaryl/α,β-unsaturated/α-hetero) is 1. The number of halogens is 2. The minimum Gasteiger partial charge on any atom is -0.382 e. The Morgan fingerprint density at radius 2 is 2.24 bits per heavy atom. The number of hydrogen-bond acceptors (Lipinski definition) is 2. The van der Waals surface area contributed by atoms with Crippen LogP contribution in [0.25, 0.3) is 0 Å². The fraction of sp³-hybridized carbons (Fsp3) is 0.462. The lowest BCUT2D eigenvalue weighted by Gasteiger charge is -2.08. The Bertz CT molecular complexity index is 393. The Hall–Kier alpha value is -0.930. The second kappa shape index (κ2) is 6.72. The van der Waals surface area contributed by atoms with Crippen molar-refractivity contribution in [2.24, 2.45) is 0 Å². The largest absolute Gasteiger partial charge is 0.382 e. The van der Waals surface area contributed by atoms with Crippen LogP contribution in [-0.2, 0) is 16.0 Å². The van der Waals surface area contributed by atoms with Crippen molar-refractivity contribution in [2.75, 3.05) is 7.11 Å². The molecule has 0 aliphatic heterocycles. The van der Waals surface area contributed by atoms with Crippen LogP contribution >= 0.6 is 11.6 Å². The first kappa shape index (κ1) is 14.1. The summed E-state index contributed by atoms with van der Waals surface area (Å²) in [5.41, 5.74) is 0.655. The molecule has 0 saturated heterocycles. The summed E-state index contributed by atoms with van der Waals surface area (Å²) >= 11 is 5.56. The molecule has 0 amide bonds. The molecule has 1 aromatic rings. The minimum atomic E-state index is -0.484. The summed E-state index contributed by atoms with van der Waals surface area (Å²) < 4.78 is 18.2. The van der Waals surface area contributed by atoms with Gasteiger partial charge in [0, 0.05) is 20.0 Å². The van der Waals surface area contributed by atoms with E-state index < -0.39 is 5.82 Å². The van der Waals surface area contributed by atoms with Gasteiger partial charge in [0.15, 0.2) is 0 Å². The SMILES string of the molecule is COC(C)CCC(=O)Cc1ccc(Cl)c(F)c1. The van der Waals surface area contributed by atoms with Crippen molar-refractivity contribution in [1.29, 1.82) is 0 Å². The van der Waals surface area contributed by atoms with Crippen LogP contribution in [0.5, 0.6) is 0 Å². The molecule has 0 spiro atoms. The molecule has 0 saturated carbocycles. The fourth-order valence-corrected chi connectivity index (χ4v) is 1.57. The number of carbonyl (C=O) groups excluding carboxylic acids is 1. The van der Waals surface area contributed by atoms with E-state index >= 15 is 0 Å². The van der Waals surface area contributed by atoms with Gasteiger partial charge >= 0.3 is 0 Å². The molecule has 1 aromatic carbocycles. The van der Waals surface area contributed by atoms with Gasteiger partial charge < -0.3 is 4.74 Å². The van der Waals surface area contributed by atoms with Crippen LogP contribution in [0.3, 0.4) is 0 Å². The lowest BCUT2D eigenvalue weighted by Crippen LogP contribution is -2.10. The van der Waals surface area contributed by atoms with Crippen molar-refractivity contribution in [2.45, 2.75) is 32.3 Å². The molecule has 0 aromatic heterocycles. The Kier molecular flexibility index (Phi) is 5.59. The van der Waals surface area contributed by atoms with Crippen molar-refractivity contribution >= 4 is 17.4 Å². The molecule has 0 radical (unpaired) electrons. The van der Waals surface area contributed by atoms with Gasteiger partial charge in [-0.3, -0.25) is 4.79 Å². The van der Waals surface area contributed by atoms with E-state index in [0.29, 0.717) is 18.4 Å².